The maximum absolute atomic E-state index is 12.7. The van der Waals surface area contributed by atoms with E-state index < -0.39 is 22.2 Å². The van der Waals surface area contributed by atoms with Crippen LogP contribution in [0.25, 0.3) is 0 Å². The average Bonchev–Trinajstić information content (AvgIpc) is 2.79. The number of aliphatic carboxylic acids is 1. The summed E-state index contributed by atoms with van der Waals surface area (Å²) in [4.78, 5) is 29.7. The van der Waals surface area contributed by atoms with E-state index in [1.165, 1.54) is 11.1 Å². The van der Waals surface area contributed by atoms with Crippen molar-refractivity contribution in [3.05, 3.63) is 47.7 Å². The van der Waals surface area contributed by atoms with Gasteiger partial charge in [0.05, 0.1) is 22.3 Å². The van der Waals surface area contributed by atoms with Crippen LogP contribution in [-0.2, 0) is 14.8 Å². The summed E-state index contributed by atoms with van der Waals surface area (Å²) in [7, 11) is -0.450. The molecule has 192 valence electrons. The van der Waals surface area contributed by atoms with Gasteiger partial charge in [0, 0.05) is 40.3 Å². The number of hydrogen-bond acceptors (Lipinski definition) is 7. The number of pyridine rings is 1. The Hall–Kier alpha value is -3.39. The van der Waals surface area contributed by atoms with E-state index in [1.807, 2.05) is 11.8 Å². The van der Waals surface area contributed by atoms with E-state index in [2.05, 4.69) is 15.0 Å². The van der Waals surface area contributed by atoms with Crippen molar-refractivity contribution in [3.8, 4) is 0 Å². The molecule has 14 heteroatoms. The summed E-state index contributed by atoms with van der Waals surface area (Å²) in [6.45, 7) is 4.96. The third-order valence-corrected chi connectivity index (χ3v) is 6.14. The number of amides is 1. The molecule has 0 spiro atoms. The summed E-state index contributed by atoms with van der Waals surface area (Å²) in [5.74, 6) is -2.41. The number of carbonyl (C=O) groups is 2. The fourth-order valence-corrected chi connectivity index (χ4v) is 4.01. The van der Waals surface area contributed by atoms with Gasteiger partial charge in [-0.3, -0.25) is 9.52 Å². The van der Waals surface area contributed by atoms with Crippen LogP contribution in [0.4, 0.5) is 24.7 Å². The van der Waals surface area contributed by atoms with Crippen LogP contribution in [0.2, 0.25) is 0 Å². The Labute approximate surface area is 200 Å². The first-order chi connectivity index (χ1) is 16.2. The lowest BCUT2D eigenvalue weighted by atomic mass is 10.2. The highest BCUT2D eigenvalue weighted by Crippen LogP contribution is 2.25. The minimum Gasteiger partial charge on any atom is -0.475 e. The van der Waals surface area contributed by atoms with Crippen molar-refractivity contribution in [2.24, 2.45) is 0 Å². The average molecular weight is 518 g/mol. The van der Waals surface area contributed by atoms with Crippen molar-refractivity contribution in [1.82, 2.24) is 15.2 Å². The number of nitrogens with zero attached hydrogens (tertiary/aromatic N) is 3. The summed E-state index contributed by atoms with van der Waals surface area (Å²) in [6, 6.07) is 8.12. The molecule has 1 amide bonds. The van der Waals surface area contributed by atoms with Crippen LogP contribution in [0.1, 0.15) is 15.9 Å². The molecule has 0 atom stereocenters. The van der Waals surface area contributed by atoms with Crippen molar-refractivity contribution in [1.29, 1.82) is 0 Å². The van der Waals surface area contributed by atoms with Crippen LogP contribution >= 0.6 is 0 Å². The molecule has 0 saturated carbocycles. The number of hydrogen-bond donors (Lipinski definition) is 3. The monoisotopic (exact) mass is 517 g/mol. The van der Waals surface area contributed by atoms with Gasteiger partial charge in [-0.05, 0) is 25.1 Å². The summed E-state index contributed by atoms with van der Waals surface area (Å²) in [6.07, 6.45) is -3.63. The number of nitrogens with one attached hydrogen (secondary N) is 2. The Balaban J connectivity index is 0.000000540. The van der Waals surface area contributed by atoms with Crippen molar-refractivity contribution in [2.45, 2.75) is 18.0 Å². The number of aryl methyl sites for hydroxylation is 1. The zero-order chi connectivity index (χ0) is 26.4. The van der Waals surface area contributed by atoms with Crippen molar-refractivity contribution in [3.63, 3.8) is 0 Å². The van der Waals surface area contributed by atoms with Gasteiger partial charge < -0.3 is 20.2 Å². The number of halogens is 3. The molecule has 1 aromatic heterocycles. The Morgan fingerprint density at radius 2 is 1.69 bits per heavy atom. The third-order valence-electron chi connectivity index (χ3n) is 4.75. The van der Waals surface area contributed by atoms with Gasteiger partial charge in [-0.25, -0.2) is 18.2 Å². The van der Waals surface area contributed by atoms with Crippen LogP contribution in [0, 0.1) is 6.92 Å². The van der Waals surface area contributed by atoms with E-state index in [1.54, 1.807) is 44.4 Å². The van der Waals surface area contributed by atoms with Crippen LogP contribution in [0.5, 0.6) is 0 Å². The smallest absolute Gasteiger partial charge is 0.475 e. The standard InChI is InChI=1S/C19H25N5O3S.C2HF3O2/c1-14-4-6-16(7-5-14)28(26,27)22-15-12-17(19(25)23(2)3)18(21-13-15)24-10-8-20-9-11-24;3-2(4,5)1(6)7/h4-7,12-13,20,22H,8-11H2,1-3H3;(H,6,7). The molecule has 2 heterocycles. The van der Waals surface area contributed by atoms with Gasteiger partial charge in [0.15, 0.2) is 0 Å². The molecule has 10 nitrogen and oxygen atoms in total. The van der Waals surface area contributed by atoms with Gasteiger partial charge in [0.1, 0.15) is 5.82 Å². The molecule has 3 rings (SSSR count). The van der Waals surface area contributed by atoms with Gasteiger partial charge in [-0.1, -0.05) is 17.7 Å². The lowest BCUT2D eigenvalue weighted by molar-refractivity contribution is -0.192. The summed E-state index contributed by atoms with van der Waals surface area (Å²) in [5.41, 5.74) is 1.60. The molecule has 0 aliphatic carbocycles. The maximum Gasteiger partial charge on any atom is 0.490 e. The van der Waals surface area contributed by atoms with Crippen molar-refractivity contribution < 1.29 is 36.3 Å². The number of anilines is 2. The first-order valence-electron chi connectivity index (χ1n) is 10.3. The first-order valence-corrected chi connectivity index (χ1v) is 11.8. The number of carboxylic acid groups (broad SMARTS) is 1. The van der Waals surface area contributed by atoms with E-state index in [0.29, 0.717) is 11.4 Å². The summed E-state index contributed by atoms with van der Waals surface area (Å²) in [5, 5.41) is 10.4. The fraction of sp³-hybridized carbons (Fsp3) is 0.381. The molecule has 0 bridgehead atoms. The lowest BCUT2D eigenvalue weighted by Gasteiger charge is -2.30. The maximum atomic E-state index is 12.7. The lowest BCUT2D eigenvalue weighted by Crippen LogP contribution is -2.44. The predicted octanol–water partition coefficient (Wildman–Crippen LogP) is 1.94. The Kier molecular flexibility index (Phi) is 9.04. The zero-order valence-corrected chi connectivity index (χ0v) is 20.1. The second-order valence-corrected chi connectivity index (χ2v) is 9.44. The molecule has 0 unspecified atom stereocenters. The van der Waals surface area contributed by atoms with Gasteiger partial charge in [0.2, 0.25) is 0 Å². The van der Waals surface area contributed by atoms with E-state index in [4.69, 9.17) is 9.90 Å². The highest BCUT2D eigenvalue weighted by Gasteiger charge is 2.38. The number of aromatic nitrogens is 1. The van der Waals surface area contributed by atoms with Crippen LogP contribution in [0.15, 0.2) is 41.4 Å². The molecular weight excluding hydrogens is 491 g/mol. The number of carboxylic acids is 1. The topological polar surface area (TPSA) is 132 Å². The number of carbonyl (C=O) groups excluding carboxylic acids is 1. The van der Waals surface area contributed by atoms with Crippen LogP contribution in [-0.4, -0.2) is 81.7 Å². The molecule has 1 aliphatic rings. The van der Waals surface area contributed by atoms with Crippen molar-refractivity contribution >= 4 is 33.4 Å². The third kappa shape index (κ3) is 7.82. The highest BCUT2D eigenvalue weighted by atomic mass is 32.2. The number of sulfonamides is 1. The molecule has 1 aliphatic heterocycles. The summed E-state index contributed by atoms with van der Waals surface area (Å²) >= 11 is 0. The van der Waals surface area contributed by atoms with E-state index >= 15 is 0 Å². The largest absolute Gasteiger partial charge is 0.490 e. The molecule has 0 radical (unpaired) electrons. The predicted molar refractivity (Wildman–Crippen MR) is 123 cm³/mol. The van der Waals surface area contributed by atoms with Crippen LogP contribution < -0.4 is 14.9 Å². The summed E-state index contributed by atoms with van der Waals surface area (Å²) < 4.78 is 59.6. The normalized spacial score (nSPS) is 13.9. The highest BCUT2D eigenvalue weighted by molar-refractivity contribution is 7.92. The zero-order valence-electron chi connectivity index (χ0n) is 19.3. The van der Waals surface area contributed by atoms with Gasteiger partial charge in [0.25, 0.3) is 15.9 Å². The van der Waals surface area contributed by atoms with E-state index in [9.17, 15) is 26.4 Å². The minimum absolute atomic E-state index is 0.157. The van der Waals surface area contributed by atoms with Crippen LogP contribution in [0.3, 0.4) is 0 Å². The molecule has 1 aromatic carbocycles. The minimum atomic E-state index is -5.08. The number of benzene rings is 1. The molecular formula is C21H26F3N5O5S. The fourth-order valence-electron chi connectivity index (χ4n) is 2.97. The molecule has 3 N–H and O–H groups in total. The van der Waals surface area contributed by atoms with E-state index in [-0.39, 0.29) is 16.5 Å². The van der Waals surface area contributed by atoms with E-state index in [0.717, 1.165) is 31.7 Å². The second-order valence-electron chi connectivity index (χ2n) is 7.75. The SMILES string of the molecule is Cc1ccc(S(=O)(=O)Nc2cnc(N3CCNCC3)c(C(=O)N(C)C)c2)cc1.O=C(O)C(F)(F)F. The Bertz CT molecular complexity index is 1150. The van der Waals surface area contributed by atoms with Gasteiger partial charge >= 0.3 is 12.1 Å². The van der Waals surface area contributed by atoms with Crippen molar-refractivity contribution in [2.75, 3.05) is 49.9 Å². The Morgan fingerprint density at radius 3 is 2.17 bits per heavy atom. The number of alkyl halides is 3. The number of piperazine rings is 1. The quantitative estimate of drug-likeness (QED) is 0.548. The molecule has 35 heavy (non-hydrogen) atoms. The second kappa shape index (κ2) is 11.4. The number of rotatable bonds is 5. The van der Waals surface area contributed by atoms with Gasteiger partial charge in [-0.15, -0.1) is 0 Å². The molecule has 1 fully saturated rings. The Morgan fingerprint density at radius 1 is 1.14 bits per heavy atom. The van der Waals surface area contributed by atoms with Gasteiger partial charge in [-0.2, -0.15) is 13.2 Å². The molecule has 1 saturated heterocycles. The first kappa shape index (κ1) is 27.9. The molecule has 2 aromatic rings.